The summed E-state index contributed by atoms with van der Waals surface area (Å²) in [5.74, 6) is 0. The van der Waals surface area contributed by atoms with Crippen molar-refractivity contribution >= 4 is 71.3 Å². The SMILES string of the molecule is c1ccc(-c2cccc(N(c3ccc4c5ccccc5c5ccccc5c4c3)c3cc4c(cc3-c3ccc5c(c3)oc3ccccc35)-c3ccccc3C43c4ccccc4-c4ccccc43)c2)cc1. The van der Waals surface area contributed by atoms with Gasteiger partial charge >= 0.3 is 0 Å². The van der Waals surface area contributed by atoms with Gasteiger partial charge in [0.25, 0.3) is 0 Å². The summed E-state index contributed by atoms with van der Waals surface area (Å²) in [7, 11) is 0. The third-order valence-corrected chi connectivity index (χ3v) is 15.2. The van der Waals surface area contributed by atoms with Gasteiger partial charge in [-0.2, -0.15) is 0 Å². The fourth-order valence-electron chi connectivity index (χ4n) is 12.4. The minimum atomic E-state index is -0.537. The molecule has 2 aliphatic rings. The van der Waals surface area contributed by atoms with Crippen molar-refractivity contribution in [2.75, 3.05) is 4.90 Å². The van der Waals surface area contributed by atoms with Gasteiger partial charge in [-0.05, 0) is 148 Å². The highest BCUT2D eigenvalue weighted by atomic mass is 16.3. The van der Waals surface area contributed by atoms with Crippen LogP contribution in [0.1, 0.15) is 22.3 Å². The van der Waals surface area contributed by atoms with Crippen LogP contribution >= 0.6 is 0 Å². The lowest BCUT2D eigenvalue weighted by molar-refractivity contribution is 0.669. The fourth-order valence-corrected chi connectivity index (χ4v) is 12.4. The molecular formula is C67H41NO. The van der Waals surface area contributed by atoms with Gasteiger partial charge in [0.1, 0.15) is 11.2 Å². The van der Waals surface area contributed by atoms with Crippen LogP contribution in [0.3, 0.4) is 0 Å². The zero-order valence-electron chi connectivity index (χ0n) is 37.5. The van der Waals surface area contributed by atoms with Crippen LogP contribution < -0.4 is 4.90 Å². The second-order valence-corrected chi connectivity index (χ2v) is 18.7. The van der Waals surface area contributed by atoms with Gasteiger partial charge in [-0.1, -0.05) is 194 Å². The average molecular weight is 876 g/mol. The van der Waals surface area contributed by atoms with Crippen LogP contribution in [0.15, 0.2) is 253 Å². The number of furan rings is 1. The van der Waals surface area contributed by atoms with Crippen molar-refractivity contribution in [3.05, 3.63) is 271 Å². The first kappa shape index (κ1) is 38.2. The molecule has 2 aliphatic carbocycles. The summed E-state index contributed by atoms with van der Waals surface area (Å²) in [6.07, 6.45) is 0. The Morgan fingerprint density at radius 3 is 1.45 bits per heavy atom. The minimum absolute atomic E-state index is 0.537. The molecule has 13 aromatic rings. The number of nitrogens with zero attached hydrogens (tertiary/aromatic N) is 1. The van der Waals surface area contributed by atoms with E-state index in [1.165, 1.54) is 82.4 Å². The number of hydrogen-bond acceptors (Lipinski definition) is 2. The highest BCUT2D eigenvalue weighted by Gasteiger charge is 2.52. The Hall–Kier alpha value is -8.98. The molecule has 0 fully saturated rings. The summed E-state index contributed by atoms with van der Waals surface area (Å²) in [6.45, 7) is 0. The molecule has 320 valence electrons. The Morgan fingerprint density at radius 2 is 0.768 bits per heavy atom. The molecule has 0 bridgehead atoms. The maximum Gasteiger partial charge on any atom is 0.136 e. The van der Waals surface area contributed by atoms with Gasteiger partial charge in [-0.15, -0.1) is 0 Å². The quantitative estimate of drug-likeness (QED) is 0.160. The number of benzene rings is 12. The Morgan fingerprint density at radius 1 is 0.261 bits per heavy atom. The molecule has 0 unspecified atom stereocenters. The molecule has 0 aliphatic heterocycles. The summed E-state index contributed by atoms with van der Waals surface area (Å²) in [5.41, 5.74) is 19.3. The molecule has 1 spiro atoms. The van der Waals surface area contributed by atoms with E-state index in [4.69, 9.17) is 4.42 Å². The van der Waals surface area contributed by atoms with Crippen molar-refractivity contribution in [3.63, 3.8) is 0 Å². The molecule has 0 amide bonds. The van der Waals surface area contributed by atoms with Crippen LogP contribution in [0.4, 0.5) is 17.1 Å². The van der Waals surface area contributed by atoms with Crippen molar-refractivity contribution in [2.24, 2.45) is 0 Å². The van der Waals surface area contributed by atoms with Gasteiger partial charge in [0.2, 0.25) is 0 Å². The predicted octanol–water partition coefficient (Wildman–Crippen LogP) is 18.2. The minimum Gasteiger partial charge on any atom is -0.456 e. The average Bonchev–Trinajstić information content (AvgIpc) is 4.05. The van der Waals surface area contributed by atoms with E-state index in [0.29, 0.717) is 0 Å². The topological polar surface area (TPSA) is 16.4 Å². The standard InChI is InChI=1S/C67H41NO/c1-2-17-42(18-3-1)43-19-16-20-45(37-43)68(46-34-36-51-49-23-5-4-21-47(49)48-22-6-7-24-50(48)58(51)39-46)64-41-63-59(40-57(64)44-33-35-56-55-28-11-15-32-65(55)69-66(56)38-44)54-27-10-14-31-62(54)67(63)60-29-12-8-25-52(60)53-26-9-13-30-61(53)67/h1-41H. The summed E-state index contributed by atoms with van der Waals surface area (Å²) >= 11 is 0. The first-order valence-electron chi connectivity index (χ1n) is 23.9. The van der Waals surface area contributed by atoms with Gasteiger partial charge in [0, 0.05) is 27.7 Å². The number of para-hydroxylation sites is 1. The smallest absolute Gasteiger partial charge is 0.136 e. The normalized spacial score (nSPS) is 13.0. The van der Waals surface area contributed by atoms with E-state index < -0.39 is 5.41 Å². The van der Waals surface area contributed by atoms with Crippen LogP contribution in [-0.4, -0.2) is 0 Å². The van der Waals surface area contributed by atoms with E-state index in [1.54, 1.807) is 0 Å². The van der Waals surface area contributed by atoms with E-state index in [-0.39, 0.29) is 0 Å². The van der Waals surface area contributed by atoms with Crippen molar-refractivity contribution in [2.45, 2.75) is 5.41 Å². The molecule has 15 rings (SSSR count). The first-order chi connectivity index (χ1) is 34.2. The Bertz CT molecular complexity index is 4190. The van der Waals surface area contributed by atoms with Crippen LogP contribution in [0, 0.1) is 0 Å². The summed E-state index contributed by atoms with van der Waals surface area (Å²) in [5, 5.41) is 9.72. The lowest BCUT2D eigenvalue weighted by Gasteiger charge is -2.33. The molecule has 0 saturated carbocycles. The molecular weight excluding hydrogens is 835 g/mol. The first-order valence-corrected chi connectivity index (χ1v) is 23.9. The zero-order valence-corrected chi connectivity index (χ0v) is 37.5. The van der Waals surface area contributed by atoms with Gasteiger partial charge in [0.15, 0.2) is 0 Å². The molecule has 2 nitrogen and oxygen atoms in total. The second kappa shape index (κ2) is 14.5. The Labute approximate surface area is 399 Å². The van der Waals surface area contributed by atoms with E-state index >= 15 is 0 Å². The molecule has 1 heterocycles. The fraction of sp³-hybridized carbons (Fsp3) is 0.0149. The van der Waals surface area contributed by atoms with Gasteiger partial charge in [-0.3, -0.25) is 0 Å². The molecule has 69 heavy (non-hydrogen) atoms. The third kappa shape index (κ3) is 5.37. The number of fused-ring (bicyclic) bond motifs is 19. The number of rotatable bonds is 5. The largest absolute Gasteiger partial charge is 0.456 e. The third-order valence-electron chi connectivity index (χ3n) is 15.2. The van der Waals surface area contributed by atoms with Crippen LogP contribution in [0.25, 0.3) is 98.8 Å². The van der Waals surface area contributed by atoms with Crippen LogP contribution in [0.5, 0.6) is 0 Å². The van der Waals surface area contributed by atoms with E-state index in [1.807, 2.05) is 6.07 Å². The number of hydrogen-bond donors (Lipinski definition) is 0. The van der Waals surface area contributed by atoms with Gasteiger partial charge < -0.3 is 9.32 Å². The molecule has 0 atom stereocenters. The second-order valence-electron chi connectivity index (χ2n) is 18.7. The lowest BCUT2D eigenvalue weighted by Crippen LogP contribution is -2.26. The monoisotopic (exact) mass is 875 g/mol. The Balaban J connectivity index is 1.08. The molecule has 0 N–H and O–H groups in total. The maximum atomic E-state index is 6.66. The number of anilines is 3. The lowest BCUT2D eigenvalue weighted by atomic mass is 9.70. The summed E-state index contributed by atoms with van der Waals surface area (Å²) in [4.78, 5) is 2.53. The molecule has 0 radical (unpaired) electrons. The van der Waals surface area contributed by atoms with Gasteiger partial charge in [-0.25, -0.2) is 0 Å². The molecule has 0 saturated heterocycles. The Kier molecular flexibility index (Phi) is 8.02. The summed E-state index contributed by atoms with van der Waals surface area (Å²) in [6, 6.07) is 92.2. The zero-order chi connectivity index (χ0) is 45.2. The molecule has 2 heteroatoms. The van der Waals surface area contributed by atoms with Crippen molar-refractivity contribution < 1.29 is 4.42 Å². The summed E-state index contributed by atoms with van der Waals surface area (Å²) < 4.78 is 6.66. The van der Waals surface area contributed by atoms with E-state index in [9.17, 15) is 0 Å². The van der Waals surface area contributed by atoms with E-state index in [0.717, 1.165) is 55.7 Å². The van der Waals surface area contributed by atoms with Crippen molar-refractivity contribution in [1.82, 2.24) is 0 Å². The van der Waals surface area contributed by atoms with Crippen LogP contribution in [-0.2, 0) is 5.41 Å². The maximum absolute atomic E-state index is 6.66. The highest BCUT2D eigenvalue weighted by molar-refractivity contribution is 6.26. The molecule has 12 aromatic carbocycles. The highest BCUT2D eigenvalue weighted by Crippen LogP contribution is 2.64. The molecule has 1 aromatic heterocycles. The van der Waals surface area contributed by atoms with Crippen molar-refractivity contribution in [3.8, 4) is 44.5 Å². The van der Waals surface area contributed by atoms with Crippen LogP contribution in [0.2, 0.25) is 0 Å². The van der Waals surface area contributed by atoms with Crippen molar-refractivity contribution in [1.29, 1.82) is 0 Å². The predicted molar refractivity (Wildman–Crippen MR) is 288 cm³/mol. The van der Waals surface area contributed by atoms with E-state index in [2.05, 4.69) is 248 Å². The van der Waals surface area contributed by atoms with Gasteiger partial charge in [0.05, 0.1) is 11.1 Å².